The van der Waals surface area contributed by atoms with Crippen molar-refractivity contribution in [3.05, 3.63) is 0 Å². The molecule has 0 saturated carbocycles. The Kier molecular flexibility index (Phi) is 13.9. The maximum atomic E-state index is 11.7. The molecule has 8 heteroatoms. The van der Waals surface area contributed by atoms with Gasteiger partial charge in [0, 0.05) is 6.42 Å². The topological polar surface area (TPSA) is 71.1 Å². The molecule has 0 N–H and O–H groups in total. The summed E-state index contributed by atoms with van der Waals surface area (Å²) in [6, 6.07) is 0. The minimum atomic E-state index is -3.62. The second kappa shape index (κ2) is 11.8. The Balaban J connectivity index is -0.00000112. The number of hydrogen-bond donors (Lipinski definition) is 0. The summed E-state index contributed by atoms with van der Waals surface area (Å²) >= 11 is 0. The fraction of sp³-hybridized carbons (Fsp3) is 0.889. The Morgan fingerprint density at radius 3 is 2.12 bits per heavy atom. The zero-order chi connectivity index (χ0) is 12.4. The van der Waals surface area contributed by atoms with Gasteiger partial charge < -0.3 is 1.43 Å². The third-order valence-corrected chi connectivity index (χ3v) is 3.30. The van der Waals surface area contributed by atoms with Gasteiger partial charge in [-0.1, -0.05) is 19.8 Å². The Hall–Kier alpha value is 0.740. The minimum absolute atomic E-state index is 0. The Bertz CT molecular complexity index is 243. The van der Waals surface area contributed by atoms with Crippen LogP contribution in [0, 0.1) is 0 Å². The first kappa shape index (κ1) is 20.1. The van der Waals surface area contributed by atoms with Gasteiger partial charge in [0.05, 0.1) is 14.2 Å². The molecule has 0 spiro atoms. The third-order valence-electron chi connectivity index (χ3n) is 1.81. The predicted molar refractivity (Wildman–Crippen MR) is 58.9 cm³/mol. The molecule has 0 aromatic heterocycles. The fourth-order valence-electron chi connectivity index (χ4n) is 1.16. The number of ketones is 1. The molecule has 0 amide bonds. The van der Waals surface area contributed by atoms with Gasteiger partial charge >= 0.3 is 37.2 Å². The third kappa shape index (κ3) is 10.4. The minimum Gasteiger partial charge on any atom is -1.00 e. The van der Waals surface area contributed by atoms with Crippen LogP contribution in [0.25, 0.3) is 0 Å². The van der Waals surface area contributed by atoms with Crippen molar-refractivity contribution in [2.24, 2.45) is 0 Å². The van der Waals surface area contributed by atoms with Crippen molar-refractivity contribution in [2.75, 3.05) is 20.4 Å². The molecule has 98 valence electrons. The van der Waals surface area contributed by atoms with Crippen LogP contribution in [0.3, 0.4) is 0 Å². The van der Waals surface area contributed by atoms with E-state index in [1.54, 1.807) is 0 Å². The first-order chi connectivity index (χ1) is 7.58. The molecule has 0 aliphatic rings. The summed E-state index contributed by atoms with van der Waals surface area (Å²) in [6.45, 7) is 2.04. The molecule has 0 fully saturated rings. The van der Waals surface area contributed by atoms with Crippen LogP contribution in [0.2, 0.25) is 0 Å². The van der Waals surface area contributed by atoms with E-state index in [4.69, 9.17) is 0 Å². The molecule has 17 heavy (non-hydrogen) atoms. The SMILES string of the molecule is CCCCCC(=O)CP(=O)(OOC)OOC.[H-].[Na+]. The van der Waals surface area contributed by atoms with Crippen LogP contribution < -0.4 is 29.6 Å². The number of carbonyl (C=O) groups is 1. The average molecular weight is 278 g/mol. The van der Waals surface area contributed by atoms with Crippen LogP contribution in [0.1, 0.15) is 34.0 Å². The molecule has 0 saturated heterocycles. The molecule has 0 aliphatic heterocycles. The first-order valence-electron chi connectivity index (χ1n) is 5.13. The van der Waals surface area contributed by atoms with E-state index in [0.717, 1.165) is 19.3 Å². The molecule has 0 bridgehead atoms. The van der Waals surface area contributed by atoms with Crippen LogP contribution in [-0.4, -0.2) is 26.2 Å². The molecule has 0 aliphatic carbocycles. The summed E-state index contributed by atoms with van der Waals surface area (Å²) in [7, 11) is -1.24. The largest absolute Gasteiger partial charge is 1.00 e. The Labute approximate surface area is 125 Å². The maximum Gasteiger partial charge on any atom is 1.00 e. The summed E-state index contributed by atoms with van der Waals surface area (Å²) in [5, 5.41) is 0. The molecule has 0 unspecified atom stereocenters. The molecule has 6 nitrogen and oxygen atoms in total. The van der Waals surface area contributed by atoms with Gasteiger partial charge in [-0.05, 0) is 6.42 Å². The van der Waals surface area contributed by atoms with E-state index in [1.165, 1.54) is 14.2 Å². The summed E-state index contributed by atoms with van der Waals surface area (Å²) < 4.78 is 20.6. The van der Waals surface area contributed by atoms with E-state index in [9.17, 15) is 9.36 Å². The predicted octanol–water partition coefficient (Wildman–Crippen LogP) is -0.399. The summed E-state index contributed by atoms with van der Waals surface area (Å²) in [5.74, 6) is -0.189. The monoisotopic (exact) mass is 278 g/mol. The summed E-state index contributed by atoms with van der Waals surface area (Å²) in [6.07, 6.45) is 2.78. The van der Waals surface area contributed by atoms with Crippen molar-refractivity contribution in [3.8, 4) is 0 Å². The number of Topliss-reactive ketones (excluding diaryl/α,β-unsaturated/α-hetero) is 1. The number of hydrogen-bond acceptors (Lipinski definition) is 6. The van der Waals surface area contributed by atoms with Gasteiger partial charge in [0.2, 0.25) is 0 Å². The van der Waals surface area contributed by atoms with E-state index < -0.39 is 7.60 Å². The number of unbranched alkanes of at least 4 members (excludes halogenated alkanes) is 2. The maximum absolute atomic E-state index is 11.7. The molecule has 0 radical (unpaired) electrons. The molecular weight excluding hydrogens is 258 g/mol. The van der Waals surface area contributed by atoms with Crippen LogP contribution in [0.15, 0.2) is 0 Å². The van der Waals surface area contributed by atoms with E-state index in [0.29, 0.717) is 6.42 Å². The van der Waals surface area contributed by atoms with Gasteiger partial charge in [0.1, 0.15) is 11.9 Å². The fourth-order valence-corrected chi connectivity index (χ4v) is 2.33. The van der Waals surface area contributed by atoms with Crippen LogP contribution in [0.5, 0.6) is 0 Å². The number of carbonyl (C=O) groups excluding carboxylic acids is 1. The Morgan fingerprint density at radius 2 is 1.71 bits per heavy atom. The van der Waals surface area contributed by atoms with Gasteiger partial charge in [0.15, 0.2) is 0 Å². The molecule has 0 heterocycles. The van der Waals surface area contributed by atoms with Crippen LogP contribution in [-0.2, 0) is 28.5 Å². The van der Waals surface area contributed by atoms with Gasteiger partial charge in [0.25, 0.3) is 0 Å². The van der Waals surface area contributed by atoms with Crippen molar-refractivity contribution < 1.29 is 59.5 Å². The van der Waals surface area contributed by atoms with Gasteiger partial charge in [-0.3, -0.25) is 9.36 Å². The molecule has 0 rings (SSSR count). The van der Waals surface area contributed by atoms with Crippen molar-refractivity contribution in [1.82, 2.24) is 0 Å². The first-order valence-corrected chi connectivity index (χ1v) is 6.86. The van der Waals surface area contributed by atoms with Crippen molar-refractivity contribution in [3.63, 3.8) is 0 Å². The van der Waals surface area contributed by atoms with Crippen LogP contribution in [0.4, 0.5) is 0 Å². The van der Waals surface area contributed by atoms with E-state index in [-0.39, 0.29) is 42.9 Å². The van der Waals surface area contributed by atoms with E-state index >= 15 is 0 Å². The standard InChI is InChI=1S/C9H19O6P.Na.H/c1-4-5-6-7-9(10)8-16(11,14-12-2)15-13-3;;/h4-8H2,1-3H3;;/q;+1;-1. The smallest absolute Gasteiger partial charge is 1.00 e. The number of rotatable bonds is 10. The zero-order valence-corrected chi connectivity index (χ0v) is 13.8. The second-order valence-electron chi connectivity index (χ2n) is 3.25. The van der Waals surface area contributed by atoms with Gasteiger partial charge in [-0.15, -0.1) is 9.35 Å². The molecule has 0 atom stereocenters. The van der Waals surface area contributed by atoms with Crippen molar-refractivity contribution in [2.45, 2.75) is 32.6 Å². The molecule has 0 aromatic rings. The summed E-state index contributed by atoms with van der Waals surface area (Å²) in [4.78, 5) is 20.0. The van der Waals surface area contributed by atoms with Gasteiger partial charge in [-0.25, -0.2) is 9.78 Å². The average Bonchev–Trinajstić information content (AvgIpc) is 2.18. The van der Waals surface area contributed by atoms with Gasteiger partial charge in [-0.2, -0.15) is 0 Å². The quantitative estimate of drug-likeness (QED) is 0.178. The van der Waals surface area contributed by atoms with Crippen molar-refractivity contribution >= 4 is 13.4 Å². The zero-order valence-electron chi connectivity index (χ0n) is 11.9. The molecular formula is C9H20NaO6P. The van der Waals surface area contributed by atoms with Crippen molar-refractivity contribution in [1.29, 1.82) is 0 Å². The summed E-state index contributed by atoms with van der Waals surface area (Å²) in [5.41, 5.74) is 0. The Morgan fingerprint density at radius 1 is 1.18 bits per heavy atom. The van der Waals surface area contributed by atoms with E-state index in [1.807, 2.05) is 6.92 Å². The van der Waals surface area contributed by atoms with Crippen LogP contribution >= 0.6 is 7.60 Å². The van der Waals surface area contributed by atoms with E-state index in [2.05, 4.69) is 19.1 Å². The second-order valence-corrected chi connectivity index (χ2v) is 5.08. The molecule has 0 aromatic carbocycles. The normalized spacial score (nSPS) is 11.0.